The predicted molar refractivity (Wildman–Crippen MR) is 83.8 cm³/mol. The molecule has 132 valence electrons. The number of hydrogen-bond acceptors (Lipinski definition) is 8. The normalized spacial score (nSPS) is 24.7. The molecule has 0 saturated carbocycles. The molecule has 1 aliphatic heterocycles. The third-order valence-corrected chi connectivity index (χ3v) is 4.01. The molecular weight excluding hydrogens is 339 g/mol. The Kier molecular flexibility index (Phi) is 6.62. The minimum absolute atomic E-state index is 0.128. The van der Waals surface area contributed by atoms with E-state index in [1.807, 2.05) is 6.07 Å². The van der Waals surface area contributed by atoms with Gasteiger partial charge in [0, 0.05) is 18.2 Å². The Hall–Kier alpha value is -1.60. The summed E-state index contributed by atoms with van der Waals surface area (Å²) in [6.07, 6.45) is 0.0906. The van der Waals surface area contributed by atoms with Crippen LogP contribution >= 0.6 is 8.53 Å². The first-order valence-electron chi connectivity index (χ1n) is 7.25. The maximum absolute atomic E-state index is 12.0. The first-order valence-corrected chi connectivity index (χ1v) is 8.53. The van der Waals surface area contributed by atoms with E-state index in [0.29, 0.717) is 5.56 Å². The molecule has 0 aliphatic carbocycles. The van der Waals surface area contributed by atoms with Crippen LogP contribution in [0.5, 0.6) is 0 Å². The van der Waals surface area contributed by atoms with Crippen molar-refractivity contribution in [1.29, 1.82) is 5.26 Å². The zero-order valence-corrected chi connectivity index (χ0v) is 13.9. The van der Waals surface area contributed by atoms with Crippen LogP contribution in [0.3, 0.4) is 0 Å². The van der Waals surface area contributed by atoms with Crippen molar-refractivity contribution in [3.63, 3.8) is 0 Å². The van der Waals surface area contributed by atoms with Crippen LogP contribution in [0.25, 0.3) is 0 Å². The fraction of sp³-hybridized carbons (Fsp3) is 0.615. The highest BCUT2D eigenvalue weighted by atomic mass is 31.2. The molecule has 0 radical (unpaired) electrons. The SMILES string of the molecule is Cc1cn([C@H]2C[C@H](OP(N)O)[C@@H](COCCC#N)O2)c(=O)[nH]c1=O. The molecule has 1 aromatic rings. The topological polar surface area (TPSA) is 153 Å². The summed E-state index contributed by atoms with van der Waals surface area (Å²) in [6.45, 7) is 1.94. The van der Waals surface area contributed by atoms with Crippen molar-refractivity contribution in [2.45, 2.75) is 38.2 Å². The second-order valence-corrected chi connectivity index (χ2v) is 6.09. The van der Waals surface area contributed by atoms with Gasteiger partial charge in [0.25, 0.3) is 5.56 Å². The Labute approximate surface area is 138 Å². The monoisotopic (exact) mass is 358 g/mol. The van der Waals surface area contributed by atoms with Crippen LogP contribution in [-0.4, -0.2) is 39.9 Å². The summed E-state index contributed by atoms with van der Waals surface area (Å²) < 4.78 is 17.6. The quantitative estimate of drug-likeness (QED) is 0.441. The summed E-state index contributed by atoms with van der Waals surface area (Å²) >= 11 is 0. The molecule has 0 bridgehead atoms. The maximum Gasteiger partial charge on any atom is 0.330 e. The van der Waals surface area contributed by atoms with Gasteiger partial charge in [0.05, 0.1) is 31.8 Å². The van der Waals surface area contributed by atoms with Gasteiger partial charge in [-0.3, -0.25) is 19.8 Å². The lowest BCUT2D eigenvalue weighted by atomic mass is 10.2. The Morgan fingerprint density at radius 2 is 2.38 bits per heavy atom. The largest absolute Gasteiger partial charge is 0.378 e. The fourth-order valence-corrected chi connectivity index (χ4v) is 2.89. The third kappa shape index (κ3) is 4.70. The van der Waals surface area contributed by atoms with E-state index in [2.05, 4.69) is 4.98 Å². The smallest absolute Gasteiger partial charge is 0.330 e. The minimum atomic E-state index is -2.10. The zero-order valence-electron chi connectivity index (χ0n) is 13.0. The number of aromatic amines is 1. The van der Waals surface area contributed by atoms with Crippen LogP contribution in [0.1, 0.15) is 24.6 Å². The van der Waals surface area contributed by atoms with E-state index in [9.17, 15) is 14.5 Å². The summed E-state index contributed by atoms with van der Waals surface area (Å²) in [5.41, 5.74) is 4.62. The fourth-order valence-electron chi connectivity index (χ4n) is 2.39. The van der Waals surface area contributed by atoms with Crippen molar-refractivity contribution >= 4 is 8.53 Å². The van der Waals surface area contributed by atoms with Crippen molar-refractivity contribution < 1.29 is 18.9 Å². The summed E-state index contributed by atoms with van der Waals surface area (Å²) in [7, 11) is -2.10. The maximum atomic E-state index is 12.0. The number of aryl methyl sites for hydroxylation is 1. The van der Waals surface area contributed by atoms with E-state index in [4.69, 9.17) is 24.8 Å². The molecule has 1 aromatic heterocycles. The molecule has 2 heterocycles. The molecule has 11 heteroatoms. The number of H-pyrrole nitrogens is 1. The lowest BCUT2D eigenvalue weighted by Gasteiger charge is -2.19. The number of nitrogens with zero attached hydrogens (tertiary/aromatic N) is 2. The molecular formula is C13H19N4O6P. The van der Waals surface area contributed by atoms with Gasteiger partial charge in [-0.05, 0) is 6.92 Å². The molecule has 0 spiro atoms. The summed E-state index contributed by atoms with van der Waals surface area (Å²) in [4.78, 5) is 34.9. The summed E-state index contributed by atoms with van der Waals surface area (Å²) in [6, 6.07) is 1.96. The number of aromatic nitrogens is 2. The molecule has 10 nitrogen and oxygen atoms in total. The van der Waals surface area contributed by atoms with Crippen molar-refractivity contribution in [3.8, 4) is 6.07 Å². The highest BCUT2D eigenvalue weighted by Gasteiger charge is 2.38. The molecule has 2 rings (SSSR count). The van der Waals surface area contributed by atoms with Crippen molar-refractivity contribution in [2.24, 2.45) is 5.50 Å². The standard InChI is InChI=1S/C13H19N4O6P/c1-8-6-17(13(19)16-12(8)18)11-5-9(23-24(15)20)10(22-11)7-21-4-2-3-14/h6,9-11,20H,2,4-5,7,15H2,1H3,(H,16,18,19)/t9-,10+,11+,24?/m0/s1. The van der Waals surface area contributed by atoms with Crippen molar-refractivity contribution in [3.05, 3.63) is 32.6 Å². The van der Waals surface area contributed by atoms with Crippen LogP contribution in [0, 0.1) is 18.3 Å². The second-order valence-electron chi connectivity index (χ2n) is 5.27. The Morgan fingerprint density at radius 3 is 3.04 bits per heavy atom. The van der Waals surface area contributed by atoms with Gasteiger partial charge in [-0.15, -0.1) is 0 Å². The van der Waals surface area contributed by atoms with E-state index in [-0.39, 0.29) is 26.1 Å². The molecule has 1 saturated heterocycles. The number of nitrogens with one attached hydrogen (secondary N) is 1. The molecule has 4 N–H and O–H groups in total. The number of rotatable bonds is 7. The lowest BCUT2D eigenvalue weighted by molar-refractivity contribution is -0.0590. The molecule has 1 unspecified atom stereocenters. The molecule has 1 aliphatic rings. The van der Waals surface area contributed by atoms with Gasteiger partial charge in [-0.1, -0.05) is 0 Å². The highest BCUT2D eigenvalue weighted by Crippen LogP contribution is 2.36. The minimum Gasteiger partial charge on any atom is -0.378 e. The van der Waals surface area contributed by atoms with Crippen LogP contribution in [0.15, 0.2) is 15.8 Å². The van der Waals surface area contributed by atoms with E-state index in [0.717, 1.165) is 0 Å². The predicted octanol–water partition coefficient (Wildman–Crippen LogP) is -0.374. The molecule has 0 aromatic carbocycles. The van der Waals surface area contributed by atoms with Gasteiger partial charge in [0.2, 0.25) is 8.53 Å². The molecule has 1 fully saturated rings. The van der Waals surface area contributed by atoms with Gasteiger partial charge in [-0.25, -0.2) is 4.79 Å². The van der Waals surface area contributed by atoms with Gasteiger partial charge in [0.15, 0.2) is 0 Å². The number of hydrogen-bond donors (Lipinski definition) is 3. The van der Waals surface area contributed by atoms with Gasteiger partial charge in [-0.2, -0.15) is 5.26 Å². The van der Waals surface area contributed by atoms with Gasteiger partial charge in [0.1, 0.15) is 12.3 Å². The third-order valence-electron chi connectivity index (χ3n) is 3.52. The molecule has 4 atom stereocenters. The average Bonchev–Trinajstić information content (AvgIpc) is 2.89. The van der Waals surface area contributed by atoms with Crippen LogP contribution < -0.4 is 16.8 Å². The summed E-state index contributed by atoms with van der Waals surface area (Å²) in [5, 5.41) is 8.50. The Bertz CT molecular complexity index is 712. The van der Waals surface area contributed by atoms with Crippen LogP contribution in [-0.2, 0) is 14.0 Å². The molecule has 24 heavy (non-hydrogen) atoms. The van der Waals surface area contributed by atoms with Gasteiger partial charge < -0.3 is 18.9 Å². The Balaban J connectivity index is 2.13. The lowest BCUT2D eigenvalue weighted by Crippen LogP contribution is -2.33. The number of ether oxygens (including phenoxy) is 2. The van der Waals surface area contributed by atoms with E-state index < -0.39 is 38.2 Å². The molecule has 0 amide bonds. The van der Waals surface area contributed by atoms with E-state index in [1.165, 1.54) is 10.8 Å². The van der Waals surface area contributed by atoms with Crippen molar-refractivity contribution in [2.75, 3.05) is 13.2 Å². The number of nitriles is 1. The highest BCUT2D eigenvalue weighted by molar-refractivity contribution is 7.43. The first-order chi connectivity index (χ1) is 11.4. The van der Waals surface area contributed by atoms with E-state index >= 15 is 0 Å². The summed E-state index contributed by atoms with van der Waals surface area (Å²) in [5.74, 6) is 0. The van der Waals surface area contributed by atoms with E-state index in [1.54, 1.807) is 6.92 Å². The van der Waals surface area contributed by atoms with Gasteiger partial charge >= 0.3 is 5.69 Å². The second kappa shape index (κ2) is 8.48. The Morgan fingerprint density at radius 1 is 1.62 bits per heavy atom. The van der Waals surface area contributed by atoms with Crippen LogP contribution in [0.4, 0.5) is 0 Å². The first kappa shape index (κ1) is 18.7. The number of nitrogens with two attached hydrogens (primary N) is 1. The average molecular weight is 358 g/mol. The van der Waals surface area contributed by atoms with Crippen molar-refractivity contribution in [1.82, 2.24) is 9.55 Å². The zero-order chi connectivity index (χ0) is 17.7. The van der Waals surface area contributed by atoms with Crippen LogP contribution in [0.2, 0.25) is 0 Å².